The van der Waals surface area contributed by atoms with Crippen LogP contribution in [0, 0.1) is 0 Å². The topological polar surface area (TPSA) is 99.4 Å². The van der Waals surface area contributed by atoms with E-state index >= 15 is 0 Å². The fourth-order valence-corrected chi connectivity index (χ4v) is 4.90. The first-order chi connectivity index (χ1) is 16.4. The third kappa shape index (κ3) is 4.22. The number of rotatable bonds is 6. The van der Waals surface area contributed by atoms with Gasteiger partial charge in [-0.1, -0.05) is 29.5 Å². The number of hydrogen-bond donors (Lipinski definition) is 1. The summed E-state index contributed by atoms with van der Waals surface area (Å²) in [6.07, 6.45) is 1.71. The van der Waals surface area contributed by atoms with Crippen molar-refractivity contribution in [2.45, 2.75) is 19.9 Å². The lowest BCUT2D eigenvalue weighted by molar-refractivity contribution is -0.139. The van der Waals surface area contributed by atoms with Gasteiger partial charge in [0.25, 0.3) is 5.56 Å². The summed E-state index contributed by atoms with van der Waals surface area (Å²) in [7, 11) is 3.02. The van der Waals surface area contributed by atoms with Crippen LogP contribution in [0.25, 0.3) is 6.08 Å². The van der Waals surface area contributed by atoms with Crippen molar-refractivity contribution in [2.75, 3.05) is 20.8 Å². The van der Waals surface area contributed by atoms with Crippen LogP contribution in [0.1, 0.15) is 31.0 Å². The smallest absolute Gasteiger partial charge is 0.338 e. The molecule has 2 heterocycles. The number of aromatic hydroxyl groups is 1. The molecule has 0 radical (unpaired) electrons. The Bertz CT molecular complexity index is 1470. The average molecular weight is 481 g/mol. The van der Waals surface area contributed by atoms with Crippen LogP contribution in [0.5, 0.6) is 17.2 Å². The van der Waals surface area contributed by atoms with E-state index < -0.39 is 12.0 Å². The van der Waals surface area contributed by atoms with Crippen LogP contribution in [0.2, 0.25) is 0 Å². The van der Waals surface area contributed by atoms with Crippen molar-refractivity contribution in [3.05, 3.63) is 84.5 Å². The monoisotopic (exact) mass is 480 g/mol. The standard InChI is InChI=1S/C25H24N2O6S/c1-5-33-24(30)21-14(2)26-25-27(22(21)16-7-6-8-17(13-16)31-3)23(29)20(34-25)12-15-9-10-18(28)19(11-15)32-4/h6-13,22,28H,5H2,1-4H3/b20-12-/t22-/m0/s1. The maximum atomic E-state index is 13.6. The van der Waals surface area contributed by atoms with Gasteiger partial charge < -0.3 is 19.3 Å². The van der Waals surface area contributed by atoms with Crippen molar-refractivity contribution in [3.8, 4) is 17.2 Å². The van der Waals surface area contributed by atoms with Crippen LogP contribution >= 0.6 is 11.3 Å². The molecule has 2 aromatic carbocycles. The maximum Gasteiger partial charge on any atom is 0.338 e. The van der Waals surface area contributed by atoms with E-state index in [0.717, 1.165) is 0 Å². The zero-order valence-corrected chi connectivity index (χ0v) is 20.0. The summed E-state index contributed by atoms with van der Waals surface area (Å²) in [5, 5.41) is 9.87. The molecule has 0 unspecified atom stereocenters. The molecule has 1 atom stereocenters. The van der Waals surface area contributed by atoms with Gasteiger partial charge in [-0.25, -0.2) is 9.79 Å². The molecule has 0 amide bonds. The van der Waals surface area contributed by atoms with E-state index in [9.17, 15) is 14.7 Å². The van der Waals surface area contributed by atoms with E-state index in [2.05, 4.69) is 4.99 Å². The highest BCUT2D eigenvalue weighted by Gasteiger charge is 2.33. The molecule has 0 aliphatic carbocycles. The number of methoxy groups -OCH3 is 2. The molecule has 34 heavy (non-hydrogen) atoms. The Kier molecular flexibility index (Phi) is 6.56. The quantitative estimate of drug-likeness (QED) is 0.545. The second kappa shape index (κ2) is 9.56. The zero-order chi connectivity index (χ0) is 24.4. The minimum Gasteiger partial charge on any atom is -0.504 e. The summed E-state index contributed by atoms with van der Waals surface area (Å²) >= 11 is 1.22. The number of phenolic OH excluding ortho intramolecular Hbond substituents is 1. The van der Waals surface area contributed by atoms with Crippen LogP contribution in [0.15, 0.2) is 63.5 Å². The number of carbonyl (C=O) groups excluding carboxylic acids is 1. The molecule has 0 bridgehead atoms. The van der Waals surface area contributed by atoms with Gasteiger partial charge in [0, 0.05) is 0 Å². The number of esters is 1. The summed E-state index contributed by atoms with van der Waals surface area (Å²) in [5.74, 6) is 0.396. The number of carbonyl (C=O) groups is 1. The average Bonchev–Trinajstić information content (AvgIpc) is 3.13. The predicted molar refractivity (Wildman–Crippen MR) is 128 cm³/mol. The summed E-state index contributed by atoms with van der Waals surface area (Å²) in [6.45, 7) is 3.67. The summed E-state index contributed by atoms with van der Waals surface area (Å²) in [6, 6.07) is 11.4. The third-order valence-corrected chi connectivity index (χ3v) is 6.41. The van der Waals surface area contributed by atoms with E-state index in [-0.39, 0.29) is 17.9 Å². The summed E-state index contributed by atoms with van der Waals surface area (Å²) in [5.41, 5.74) is 1.89. The van der Waals surface area contributed by atoms with E-state index in [1.807, 2.05) is 12.1 Å². The van der Waals surface area contributed by atoms with Gasteiger partial charge in [0.15, 0.2) is 16.3 Å². The molecule has 9 heteroatoms. The zero-order valence-electron chi connectivity index (χ0n) is 19.2. The number of ether oxygens (including phenoxy) is 3. The van der Waals surface area contributed by atoms with Crippen LogP contribution in [0.3, 0.4) is 0 Å². The van der Waals surface area contributed by atoms with Gasteiger partial charge in [0.2, 0.25) is 0 Å². The molecule has 1 aliphatic rings. The molecule has 0 saturated heterocycles. The Morgan fingerprint density at radius 2 is 2.00 bits per heavy atom. The number of hydrogen-bond acceptors (Lipinski definition) is 8. The molecule has 4 rings (SSSR count). The Morgan fingerprint density at radius 1 is 1.21 bits per heavy atom. The first-order valence-electron chi connectivity index (χ1n) is 10.6. The number of allylic oxidation sites excluding steroid dienone is 1. The molecular weight excluding hydrogens is 456 g/mol. The van der Waals surface area contributed by atoms with Crippen molar-refractivity contribution in [2.24, 2.45) is 4.99 Å². The highest BCUT2D eigenvalue weighted by atomic mass is 32.1. The second-order valence-electron chi connectivity index (χ2n) is 7.51. The second-order valence-corrected chi connectivity index (χ2v) is 8.52. The number of benzene rings is 2. The molecule has 8 nitrogen and oxygen atoms in total. The molecular formula is C25H24N2O6S. The van der Waals surface area contributed by atoms with E-state index in [4.69, 9.17) is 14.2 Å². The van der Waals surface area contributed by atoms with Crippen molar-refractivity contribution in [3.63, 3.8) is 0 Å². The highest BCUT2D eigenvalue weighted by molar-refractivity contribution is 7.07. The Hall–Kier alpha value is -3.85. The molecule has 1 aliphatic heterocycles. The first-order valence-corrected chi connectivity index (χ1v) is 11.4. The lowest BCUT2D eigenvalue weighted by atomic mass is 9.95. The maximum absolute atomic E-state index is 13.6. The van der Waals surface area contributed by atoms with Crippen LogP contribution < -0.4 is 24.4 Å². The molecule has 3 aromatic rings. The van der Waals surface area contributed by atoms with E-state index in [0.29, 0.717) is 43.2 Å². The first kappa shape index (κ1) is 23.3. The van der Waals surface area contributed by atoms with Gasteiger partial charge in [0.05, 0.1) is 42.7 Å². The molecule has 1 aromatic heterocycles. The highest BCUT2D eigenvalue weighted by Crippen LogP contribution is 2.32. The lowest BCUT2D eigenvalue weighted by Gasteiger charge is -2.25. The van der Waals surface area contributed by atoms with Crippen molar-refractivity contribution >= 4 is 23.4 Å². The minimum atomic E-state index is -0.720. The minimum absolute atomic E-state index is 0.00818. The van der Waals surface area contributed by atoms with E-state index in [1.165, 1.54) is 29.1 Å². The molecule has 176 valence electrons. The van der Waals surface area contributed by atoms with Crippen molar-refractivity contribution in [1.82, 2.24) is 4.57 Å². The Labute approximate surface area is 199 Å². The lowest BCUT2D eigenvalue weighted by Crippen LogP contribution is -2.39. The largest absolute Gasteiger partial charge is 0.504 e. The van der Waals surface area contributed by atoms with Crippen LogP contribution in [-0.2, 0) is 9.53 Å². The summed E-state index contributed by atoms with van der Waals surface area (Å²) in [4.78, 5) is 31.6. The molecule has 0 saturated carbocycles. The van der Waals surface area contributed by atoms with Gasteiger partial charge >= 0.3 is 5.97 Å². The van der Waals surface area contributed by atoms with Gasteiger partial charge in [0.1, 0.15) is 5.75 Å². The molecule has 0 fully saturated rings. The van der Waals surface area contributed by atoms with Crippen molar-refractivity contribution in [1.29, 1.82) is 0 Å². The Balaban J connectivity index is 1.95. The number of nitrogens with zero attached hydrogens (tertiary/aromatic N) is 2. The number of aromatic nitrogens is 1. The third-order valence-electron chi connectivity index (χ3n) is 5.43. The number of phenols is 1. The number of thiazole rings is 1. The van der Waals surface area contributed by atoms with E-state index in [1.54, 1.807) is 51.3 Å². The van der Waals surface area contributed by atoms with Gasteiger partial charge in [-0.05, 0) is 55.3 Å². The fourth-order valence-electron chi connectivity index (χ4n) is 3.85. The molecule has 1 N–H and O–H groups in total. The SMILES string of the molecule is CCOC(=O)C1=C(C)N=c2s/c(=C\c3ccc(O)c(OC)c3)c(=O)n2[C@H]1c1cccc(OC)c1. The molecule has 0 spiro atoms. The van der Waals surface area contributed by atoms with Crippen molar-refractivity contribution < 1.29 is 24.1 Å². The Morgan fingerprint density at radius 3 is 2.71 bits per heavy atom. The van der Waals surface area contributed by atoms with Gasteiger partial charge in [-0.3, -0.25) is 9.36 Å². The summed E-state index contributed by atoms with van der Waals surface area (Å²) < 4.78 is 17.8. The predicted octanol–water partition coefficient (Wildman–Crippen LogP) is 2.52. The van der Waals surface area contributed by atoms with Gasteiger partial charge in [-0.15, -0.1) is 0 Å². The normalized spacial score (nSPS) is 15.5. The van der Waals surface area contributed by atoms with Crippen LogP contribution in [0.4, 0.5) is 0 Å². The fraction of sp³-hybridized carbons (Fsp3) is 0.240. The van der Waals surface area contributed by atoms with Gasteiger partial charge in [-0.2, -0.15) is 0 Å². The van der Waals surface area contributed by atoms with Crippen LogP contribution in [-0.4, -0.2) is 36.5 Å². The number of fused-ring (bicyclic) bond motifs is 1.